The van der Waals surface area contributed by atoms with Crippen LogP contribution in [0.2, 0.25) is 0 Å². The summed E-state index contributed by atoms with van der Waals surface area (Å²) in [5.41, 5.74) is 0.604. The topological polar surface area (TPSA) is 113 Å². The van der Waals surface area contributed by atoms with E-state index in [0.29, 0.717) is 12.1 Å². The number of hydrogen-bond acceptors (Lipinski definition) is 4. The Bertz CT molecular complexity index is 610. The van der Waals surface area contributed by atoms with Crippen LogP contribution in [0.1, 0.15) is 30.6 Å². The highest BCUT2D eigenvalue weighted by molar-refractivity contribution is 7.92. The molecule has 1 atom stereocenters. The van der Waals surface area contributed by atoms with Crippen molar-refractivity contribution in [2.75, 3.05) is 10.5 Å². The quantitative estimate of drug-likeness (QED) is 0.696. The fourth-order valence-corrected chi connectivity index (χ4v) is 2.67. The number of anilines is 1. The number of amides is 1. The van der Waals surface area contributed by atoms with Gasteiger partial charge in [0.25, 0.3) is 5.91 Å². The van der Waals surface area contributed by atoms with Crippen molar-refractivity contribution in [2.45, 2.75) is 26.3 Å². The SMILES string of the molecule is CCCS(=O)(=O)Nc1ccc(C(=O)N[C@@H](C)C(=O)O)cc1. The molecule has 0 unspecified atom stereocenters. The van der Waals surface area contributed by atoms with Gasteiger partial charge in [0.05, 0.1) is 5.75 Å². The Morgan fingerprint density at radius 2 is 1.81 bits per heavy atom. The van der Waals surface area contributed by atoms with Crippen LogP contribution in [0, 0.1) is 0 Å². The van der Waals surface area contributed by atoms with Gasteiger partial charge in [0.1, 0.15) is 6.04 Å². The van der Waals surface area contributed by atoms with E-state index in [1.165, 1.54) is 31.2 Å². The van der Waals surface area contributed by atoms with Gasteiger partial charge in [-0.15, -0.1) is 0 Å². The molecule has 21 heavy (non-hydrogen) atoms. The van der Waals surface area contributed by atoms with E-state index in [1.54, 1.807) is 6.92 Å². The van der Waals surface area contributed by atoms with Crippen LogP contribution in [0.3, 0.4) is 0 Å². The van der Waals surface area contributed by atoms with Crippen LogP contribution in [0.4, 0.5) is 5.69 Å². The van der Waals surface area contributed by atoms with E-state index in [2.05, 4.69) is 10.0 Å². The van der Waals surface area contributed by atoms with Crippen molar-refractivity contribution >= 4 is 27.6 Å². The van der Waals surface area contributed by atoms with E-state index >= 15 is 0 Å². The largest absolute Gasteiger partial charge is 0.480 e. The number of hydrogen-bond donors (Lipinski definition) is 3. The molecule has 0 aliphatic heterocycles. The first-order chi connectivity index (χ1) is 9.75. The summed E-state index contributed by atoms with van der Waals surface area (Å²) in [6.45, 7) is 3.11. The summed E-state index contributed by atoms with van der Waals surface area (Å²) in [4.78, 5) is 22.4. The molecule has 0 aliphatic rings. The molecule has 3 N–H and O–H groups in total. The van der Waals surface area contributed by atoms with Crippen molar-refractivity contribution in [3.8, 4) is 0 Å². The van der Waals surface area contributed by atoms with E-state index in [0.717, 1.165) is 0 Å². The van der Waals surface area contributed by atoms with Gasteiger partial charge in [0, 0.05) is 11.3 Å². The minimum Gasteiger partial charge on any atom is -0.480 e. The molecular formula is C13H18N2O5S. The lowest BCUT2D eigenvalue weighted by Crippen LogP contribution is -2.38. The van der Waals surface area contributed by atoms with E-state index < -0.39 is 27.9 Å². The van der Waals surface area contributed by atoms with Gasteiger partial charge in [-0.05, 0) is 37.6 Å². The maximum Gasteiger partial charge on any atom is 0.325 e. The molecule has 0 saturated carbocycles. The van der Waals surface area contributed by atoms with E-state index in [-0.39, 0.29) is 11.3 Å². The molecular weight excluding hydrogens is 296 g/mol. The minimum absolute atomic E-state index is 0.0192. The molecule has 1 amide bonds. The standard InChI is InChI=1S/C13H18N2O5S/c1-3-8-21(19,20)15-11-6-4-10(5-7-11)12(16)14-9(2)13(17)18/h4-7,9,15H,3,8H2,1-2H3,(H,14,16)(H,17,18)/t9-/m0/s1. The summed E-state index contributed by atoms with van der Waals surface area (Å²) >= 11 is 0. The first kappa shape index (κ1) is 17.0. The Balaban J connectivity index is 2.74. The molecule has 1 aromatic carbocycles. The third-order valence-electron chi connectivity index (χ3n) is 2.61. The van der Waals surface area contributed by atoms with Gasteiger partial charge in [-0.3, -0.25) is 14.3 Å². The number of rotatable bonds is 7. The van der Waals surface area contributed by atoms with E-state index in [9.17, 15) is 18.0 Å². The molecule has 0 radical (unpaired) electrons. The molecule has 1 rings (SSSR count). The molecule has 0 heterocycles. The zero-order valence-corrected chi connectivity index (χ0v) is 12.6. The van der Waals surface area contributed by atoms with E-state index in [1.807, 2.05) is 0 Å². The van der Waals surface area contributed by atoms with Gasteiger partial charge < -0.3 is 10.4 Å². The van der Waals surface area contributed by atoms with Crippen molar-refractivity contribution < 1.29 is 23.1 Å². The molecule has 0 aromatic heterocycles. The minimum atomic E-state index is -3.38. The van der Waals surface area contributed by atoms with Crippen LogP contribution < -0.4 is 10.0 Å². The lowest BCUT2D eigenvalue weighted by molar-refractivity contribution is -0.138. The third kappa shape index (κ3) is 5.42. The fourth-order valence-electron chi connectivity index (χ4n) is 1.53. The molecule has 0 bridgehead atoms. The predicted octanol–water partition coefficient (Wildman–Crippen LogP) is 1.04. The van der Waals surface area contributed by atoms with Gasteiger partial charge in [-0.25, -0.2) is 8.42 Å². The molecule has 116 valence electrons. The van der Waals surface area contributed by atoms with Gasteiger partial charge in [-0.1, -0.05) is 6.92 Å². The van der Waals surface area contributed by atoms with Crippen LogP contribution in [-0.2, 0) is 14.8 Å². The molecule has 1 aromatic rings. The normalized spacial score (nSPS) is 12.5. The van der Waals surface area contributed by atoms with Crippen LogP contribution in [0.5, 0.6) is 0 Å². The molecule has 8 heteroatoms. The highest BCUT2D eigenvalue weighted by Crippen LogP contribution is 2.12. The number of carboxylic acids is 1. The number of aliphatic carboxylic acids is 1. The maximum atomic E-state index is 11.7. The number of nitrogens with one attached hydrogen (secondary N) is 2. The van der Waals surface area contributed by atoms with Crippen molar-refractivity contribution in [3.63, 3.8) is 0 Å². The summed E-state index contributed by atoms with van der Waals surface area (Å²) in [5, 5.41) is 11.0. The van der Waals surface area contributed by atoms with Crippen LogP contribution in [-0.4, -0.2) is 37.2 Å². The number of carbonyl (C=O) groups is 2. The summed E-state index contributed by atoms with van der Waals surface area (Å²) < 4.78 is 25.6. The Hall–Kier alpha value is -2.09. The van der Waals surface area contributed by atoms with Gasteiger partial charge >= 0.3 is 5.97 Å². The number of carbonyl (C=O) groups excluding carboxylic acids is 1. The fraction of sp³-hybridized carbons (Fsp3) is 0.385. The van der Waals surface area contributed by atoms with Crippen molar-refractivity contribution in [1.29, 1.82) is 0 Å². The predicted molar refractivity (Wildman–Crippen MR) is 78.7 cm³/mol. The van der Waals surface area contributed by atoms with Gasteiger partial charge in [0.2, 0.25) is 10.0 Å². The second kappa shape index (κ2) is 7.07. The molecule has 0 fully saturated rings. The Morgan fingerprint density at radius 3 is 2.29 bits per heavy atom. The van der Waals surface area contributed by atoms with Gasteiger partial charge in [0.15, 0.2) is 0 Å². The zero-order chi connectivity index (χ0) is 16.0. The first-order valence-electron chi connectivity index (χ1n) is 6.39. The average Bonchev–Trinajstić information content (AvgIpc) is 2.38. The van der Waals surface area contributed by atoms with Crippen LogP contribution >= 0.6 is 0 Å². The van der Waals surface area contributed by atoms with Gasteiger partial charge in [-0.2, -0.15) is 0 Å². The monoisotopic (exact) mass is 314 g/mol. The first-order valence-corrected chi connectivity index (χ1v) is 8.04. The summed E-state index contributed by atoms with van der Waals surface area (Å²) in [7, 11) is -3.38. The highest BCUT2D eigenvalue weighted by atomic mass is 32.2. The Labute approximate surface area is 123 Å². The van der Waals surface area contributed by atoms with Crippen molar-refractivity contribution in [2.24, 2.45) is 0 Å². The molecule has 0 saturated heterocycles. The third-order valence-corrected chi connectivity index (χ3v) is 4.10. The lowest BCUT2D eigenvalue weighted by atomic mass is 10.2. The Kier molecular flexibility index (Phi) is 5.71. The molecule has 0 aliphatic carbocycles. The molecule has 0 spiro atoms. The van der Waals surface area contributed by atoms with Crippen LogP contribution in [0.15, 0.2) is 24.3 Å². The number of benzene rings is 1. The Morgan fingerprint density at radius 1 is 1.24 bits per heavy atom. The summed E-state index contributed by atoms with van der Waals surface area (Å²) in [6, 6.07) is 4.75. The average molecular weight is 314 g/mol. The maximum absolute atomic E-state index is 11.7. The second-order valence-electron chi connectivity index (χ2n) is 4.53. The van der Waals surface area contributed by atoms with Crippen molar-refractivity contribution in [3.05, 3.63) is 29.8 Å². The lowest BCUT2D eigenvalue weighted by Gasteiger charge is -2.10. The number of sulfonamides is 1. The highest BCUT2D eigenvalue weighted by Gasteiger charge is 2.15. The van der Waals surface area contributed by atoms with Crippen LogP contribution in [0.25, 0.3) is 0 Å². The smallest absolute Gasteiger partial charge is 0.325 e. The van der Waals surface area contributed by atoms with E-state index in [4.69, 9.17) is 5.11 Å². The summed E-state index contributed by atoms with van der Waals surface area (Å²) in [6.07, 6.45) is 0.503. The second-order valence-corrected chi connectivity index (χ2v) is 6.37. The summed E-state index contributed by atoms with van der Waals surface area (Å²) in [5.74, 6) is -1.65. The number of carboxylic acid groups (broad SMARTS) is 1. The zero-order valence-electron chi connectivity index (χ0n) is 11.8. The van der Waals surface area contributed by atoms with Crippen molar-refractivity contribution in [1.82, 2.24) is 5.32 Å². The molecule has 7 nitrogen and oxygen atoms in total.